The van der Waals surface area contributed by atoms with Gasteiger partial charge in [0.2, 0.25) is 0 Å². The number of amides is 2. The van der Waals surface area contributed by atoms with Crippen LogP contribution in [0.2, 0.25) is 0 Å². The van der Waals surface area contributed by atoms with Crippen molar-refractivity contribution >= 4 is 11.8 Å². The van der Waals surface area contributed by atoms with E-state index < -0.39 is 49.1 Å². The summed E-state index contributed by atoms with van der Waals surface area (Å²) in [5.41, 5.74) is 0. The number of nitrogens with one attached hydrogen (secondary N) is 1. The Morgan fingerprint density at radius 3 is 3.08 bits per heavy atom. The van der Waals surface area contributed by atoms with Crippen LogP contribution in [-0.2, 0) is 9.59 Å². The highest BCUT2D eigenvalue weighted by Crippen LogP contribution is 2.17. The number of likely N-dealkylation sites (N-methyl/N-ethyl adjacent to an activating group) is 2. The number of hydrogen-bond acceptors (Lipinski definition) is 2. The molecule has 1 N–H and O–H groups in total. The summed E-state index contributed by atoms with van der Waals surface area (Å²) in [5.74, 6) is -2.84. The Labute approximate surface area is 84.8 Å². The summed E-state index contributed by atoms with van der Waals surface area (Å²) in [6.45, 7) is -8.13. The lowest BCUT2D eigenvalue weighted by Gasteiger charge is -2.24. The normalized spacial score (nSPS) is 53.8. The summed E-state index contributed by atoms with van der Waals surface area (Å²) in [6, 6.07) is 0. The Hall–Kier alpha value is -0.900. The molecule has 0 aliphatic carbocycles. The van der Waals surface area contributed by atoms with Crippen LogP contribution < -0.4 is 5.32 Å². The predicted octanol–water partition coefficient (Wildman–Crippen LogP) is -0.501. The molecule has 0 spiro atoms. The van der Waals surface area contributed by atoms with Crippen LogP contribution in [0.5, 0.6) is 0 Å². The van der Waals surface area contributed by atoms with Gasteiger partial charge in [0.25, 0.3) is 5.91 Å². The second-order valence-electron chi connectivity index (χ2n) is 2.31. The molecule has 68 valence electrons. The minimum absolute atomic E-state index is 1.02. The zero-order valence-electron chi connectivity index (χ0n) is 15.5. The van der Waals surface area contributed by atoms with Crippen molar-refractivity contribution in [1.82, 2.24) is 5.32 Å². The summed E-state index contributed by atoms with van der Waals surface area (Å²) in [5, 5.41) is 2.03. The number of carbonyl (C=O) groups excluding carboxylic acids is 2. The maximum absolute atomic E-state index is 12.3. The van der Waals surface area contributed by atoms with Gasteiger partial charge >= 0.3 is 5.91 Å². The van der Waals surface area contributed by atoms with E-state index in [1.54, 1.807) is 0 Å². The molecule has 0 aromatic carbocycles. The van der Waals surface area contributed by atoms with E-state index in [2.05, 4.69) is 0 Å². The average Bonchev–Trinajstić information content (AvgIpc) is 2.38. The smallest absolute Gasteiger partial charge is 0.314 e. The fraction of sp³-hybridized carbons (Fsp3) is 0.750. The van der Waals surface area contributed by atoms with Crippen LogP contribution in [0, 0.1) is 0 Å². The molecule has 1 unspecified atom stereocenters. The summed E-state index contributed by atoms with van der Waals surface area (Å²) in [7, 11) is 1.14. The predicted molar refractivity (Wildman–Crippen MR) is 44.2 cm³/mol. The van der Waals surface area contributed by atoms with Gasteiger partial charge in [-0.3, -0.25) is 9.28 Å². The molecule has 1 aliphatic heterocycles. The molecule has 12 heavy (non-hydrogen) atoms. The molecular weight excluding hydrogens is 157 g/mol. The first kappa shape index (κ1) is 2.80. The van der Waals surface area contributed by atoms with Crippen molar-refractivity contribution in [2.75, 3.05) is 27.1 Å². The first-order valence-electron chi connectivity index (χ1n) is 7.75. The third-order valence-corrected chi connectivity index (χ3v) is 1.42. The Kier molecular flexibility index (Phi) is 0.754. The van der Waals surface area contributed by atoms with Crippen molar-refractivity contribution in [3.05, 3.63) is 0 Å². The average molecular weight is 181 g/mol. The number of carbonyl (C=O) groups is 2. The number of likely N-dealkylation sites (tertiary alicyclic amines) is 1. The fourth-order valence-electron chi connectivity index (χ4n) is 0.729. The highest BCUT2D eigenvalue weighted by Gasteiger charge is 2.38. The van der Waals surface area contributed by atoms with Crippen molar-refractivity contribution in [2.45, 2.75) is 12.7 Å². The van der Waals surface area contributed by atoms with Gasteiger partial charge in [0.15, 0.2) is 6.54 Å². The van der Waals surface area contributed by atoms with Gasteiger partial charge < -0.3 is 5.32 Å². The van der Waals surface area contributed by atoms with Crippen LogP contribution >= 0.6 is 0 Å². The van der Waals surface area contributed by atoms with Crippen LogP contribution in [-0.4, -0.2) is 43.4 Å². The molecule has 0 aromatic rings. The first-order valence-corrected chi connectivity index (χ1v) is 3.25. The van der Waals surface area contributed by atoms with E-state index >= 15 is 0 Å². The second-order valence-corrected chi connectivity index (χ2v) is 2.31. The molecule has 0 bridgehead atoms. The highest BCUT2D eigenvalue weighted by atomic mass is 16.2. The van der Waals surface area contributed by atoms with Crippen LogP contribution in [0.15, 0.2) is 0 Å². The molecule has 0 aromatic heterocycles. The number of quaternary nitrogens is 1. The summed E-state index contributed by atoms with van der Waals surface area (Å²) in [4.78, 5) is 23.8. The van der Waals surface area contributed by atoms with E-state index in [1.807, 2.05) is 5.32 Å². The third kappa shape index (κ3) is 1.64. The van der Waals surface area contributed by atoms with E-state index in [0.717, 1.165) is 7.05 Å². The van der Waals surface area contributed by atoms with Gasteiger partial charge in [0, 0.05) is 18.9 Å². The van der Waals surface area contributed by atoms with Crippen LogP contribution in [0.3, 0.4) is 0 Å². The molecule has 4 nitrogen and oxygen atoms in total. The van der Waals surface area contributed by atoms with E-state index in [0.29, 0.717) is 0 Å². The molecule has 1 aliphatic rings. The number of rotatable bonds is 2. The molecule has 1 atom stereocenters. The topological polar surface area (TPSA) is 46.2 Å². The lowest BCUT2D eigenvalue weighted by molar-refractivity contribution is -0.817. The van der Waals surface area contributed by atoms with Crippen molar-refractivity contribution in [1.29, 1.82) is 0 Å². The van der Waals surface area contributed by atoms with E-state index in [-0.39, 0.29) is 0 Å². The summed E-state index contributed by atoms with van der Waals surface area (Å²) >= 11 is 0. The van der Waals surface area contributed by atoms with Gasteiger partial charge in [-0.15, -0.1) is 0 Å². The highest BCUT2D eigenvalue weighted by molar-refractivity contribution is 5.80. The van der Waals surface area contributed by atoms with Gasteiger partial charge in [0.1, 0.15) is 0 Å². The lowest BCUT2D eigenvalue weighted by atomic mass is 10.4. The molecule has 0 saturated carbocycles. The zero-order chi connectivity index (χ0) is 17.1. The van der Waals surface area contributed by atoms with Gasteiger partial charge in [-0.1, -0.05) is 0 Å². The van der Waals surface area contributed by atoms with Gasteiger partial charge in [-0.2, -0.15) is 0 Å². The molecule has 1 rings (SSSR count). The monoisotopic (exact) mass is 181 g/mol. The minimum atomic E-state index is -3.45. The minimum Gasteiger partial charge on any atom is -0.354 e. The molecule has 1 fully saturated rings. The van der Waals surface area contributed by atoms with Crippen LogP contribution in [0.1, 0.15) is 25.1 Å². The molecule has 1 saturated heterocycles. The van der Waals surface area contributed by atoms with Gasteiger partial charge in [0.05, 0.1) is 26.7 Å². The second kappa shape index (κ2) is 3.23. The van der Waals surface area contributed by atoms with E-state index in [9.17, 15) is 9.59 Å². The Morgan fingerprint density at radius 2 is 2.67 bits per heavy atom. The maximum Gasteiger partial charge on any atom is 0.314 e. The van der Waals surface area contributed by atoms with E-state index in [1.165, 1.54) is 0 Å². The van der Waals surface area contributed by atoms with Crippen molar-refractivity contribution < 1.29 is 26.4 Å². The lowest BCUT2D eigenvalue weighted by Crippen LogP contribution is -2.50. The molecule has 1 heterocycles. The molecule has 0 radical (unpaired) electrons. The van der Waals surface area contributed by atoms with E-state index in [4.69, 9.17) is 12.3 Å². The third-order valence-electron chi connectivity index (χ3n) is 1.42. The number of hydrogen-bond donors (Lipinski definition) is 1. The summed E-state index contributed by atoms with van der Waals surface area (Å²) < 4.78 is 65.6. The zero-order valence-corrected chi connectivity index (χ0v) is 6.47. The first-order chi connectivity index (χ1) is 9.11. The Bertz CT molecular complexity index is 487. The maximum atomic E-state index is 12.3. The largest absolute Gasteiger partial charge is 0.354 e. The molecular formula is C8H15N2O2+. The number of nitrogens with zero attached hydrogens (tertiary/aromatic N) is 1. The molecule has 4 heteroatoms. The quantitative estimate of drug-likeness (QED) is 0.461. The van der Waals surface area contributed by atoms with Gasteiger partial charge in [-0.25, -0.2) is 4.79 Å². The van der Waals surface area contributed by atoms with Crippen LogP contribution in [0.4, 0.5) is 0 Å². The van der Waals surface area contributed by atoms with Crippen molar-refractivity contribution in [3.8, 4) is 0 Å². The standard InChI is InChI=1S/C8H14N2O2/c1-9-7(11)6-10(2)5-3-4-8(10)12/h3-6H2,1-2H3/p+1/i2D3,3D2,4D2,5D2,9+1. The molecule has 2 amide bonds. The summed E-state index contributed by atoms with van der Waals surface area (Å²) in [6.07, 6.45) is -6.81. The Morgan fingerprint density at radius 1 is 1.92 bits per heavy atom. The van der Waals surface area contributed by atoms with Crippen molar-refractivity contribution in [3.63, 3.8) is 0 Å². The van der Waals surface area contributed by atoms with Crippen LogP contribution in [0.25, 0.3) is 0 Å². The van der Waals surface area contributed by atoms with Crippen molar-refractivity contribution in [2.24, 2.45) is 0 Å². The van der Waals surface area contributed by atoms with Gasteiger partial charge in [-0.05, 0) is 0 Å². The SMILES string of the molecule is [2H]C1([2H])C(=O)[N+](CC(=O)[15NH]C)(C([2H])([2H])[2H])C([2H])([2H])C1([2H])[2H]. The fourth-order valence-corrected chi connectivity index (χ4v) is 0.729. The Balaban J connectivity index is 3.72.